The lowest BCUT2D eigenvalue weighted by Gasteiger charge is -2.40. The normalized spacial score (nSPS) is 23.2. The zero-order valence-corrected chi connectivity index (χ0v) is 15.8. The van der Waals surface area contributed by atoms with Gasteiger partial charge in [-0.2, -0.15) is 0 Å². The molecule has 1 aromatic carbocycles. The highest BCUT2D eigenvalue weighted by atomic mass is 35.5. The highest BCUT2D eigenvalue weighted by Gasteiger charge is 2.40. The SMILES string of the molecule is O=C1Nc2cc(Cl)ccc2C(=O)N2CCN(C(=O)NC3CCCCC3)C[C@H]12. The van der Waals surface area contributed by atoms with Crippen LogP contribution < -0.4 is 10.6 Å². The molecule has 27 heavy (non-hydrogen) atoms. The highest BCUT2D eigenvalue weighted by molar-refractivity contribution is 6.31. The van der Waals surface area contributed by atoms with Gasteiger partial charge in [0.1, 0.15) is 6.04 Å². The van der Waals surface area contributed by atoms with Crippen LogP contribution in [0.15, 0.2) is 18.2 Å². The third-order valence-electron chi connectivity index (χ3n) is 5.63. The number of nitrogens with zero attached hydrogens (tertiary/aromatic N) is 2. The Morgan fingerprint density at radius 2 is 1.93 bits per heavy atom. The van der Waals surface area contributed by atoms with Crippen molar-refractivity contribution in [3.63, 3.8) is 0 Å². The fraction of sp³-hybridized carbons (Fsp3) is 0.526. The highest BCUT2D eigenvalue weighted by Crippen LogP contribution is 2.28. The van der Waals surface area contributed by atoms with Gasteiger partial charge in [0.2, 0.25) is 5.91 Å². The van der Waals surface area contributed by atoms with Gasteiger partial charge in [-0.25, -0.2) is 4.79 Å². The Bertz CT molecular complexity index is 778. The lowest BCUT2D eigenvalue weighted by atomic mass is 9.96. The van der Waals surface area contributed by atoms with E-state index in [2.05, 4.69) is 10.6 Å². The maximum absolute atomic E-state index is 12.9. The number of benzene rings is 1. The maximum Gasteiger partial charge on any atom is 0.317 e. The van der Waals surface area contributed by atoms with E-state index in [-0.39, 0.29) is 30.4 Å². The summed E-state index contributed by atoms with van der Waals surface area (Å²) in [6, 6.07) is 4.21. The summed E-state index contributed by atoms with van der Waals surface area (Å²) in [6.45, 7) is 0.936. The molecule has 1 aliphatic carbocycles. The molecule has 4 amide bonds. The molecule has 1 saturated heterocycles. The Morgan fingerprint density at radius 1 is 1.15 bits per heavy atom. The van der Waals surface area contributed by atoms with E-state index in [1.165, 1.54) is 6.42 Å². The van der Waals surface area contributed by atoms with E-state index in [0.717, 1.165) is 25.7 Å². The minimum atomic E-state index is -0.700. The average Bonchev–Trinajstić information content (AvgIpc) is 2.77. The van der Waals surface area contributed by atoms with Crippen LogP contribution in [-0.2, 0) is 4.79 Å². The zero-order chi connectivity index (χ0) is 19.0. The number of rotatable bonds is 1. The molecule has 2 heterocycles. The quantitative estimate of drug-likeness (QED) is 0.772. The average molecular weight is 391 g/mol. The Morgan fingerprint density at radius 3 is 2.70 bits per heavy atom. The van der Waals surface area contributed by atoms with Gasteiger partial charge in [0.25, 0.3) is 5.91 Å². The van der Waals surface area contributed by atoms with Gasteiger partial charge in [0, 0.05) is 24.2 Å². The van der Waals surface area contributed by atoms with Crippen LogP contribution in [0.4, 0.5) is 10.5 Å². The third-order valence-corrected chi connectivity index (χ3v) is 5.87. The molecule has 0 bridgehead atoms. The van der Waals surface area contributed by atoms with Gasteiger partial charge >= 0.3 is 6.03 Å². The van der Waals surface area contributed by atoms with E-state index in [0.29, 0.717) is 29.4 Å². The number of carbonyl (C=O) groups excluding carboxylic acids is 3. The number of nitrogens with one attached hydrogen (secondary N) is 2. The number of urea groups is 1. The Balaban J connectivity index is 1.48. The Kier molecular flexibility index (Phi) is 4.95. The standard InChI is InChI=1S/C19H23ClN4O3/c20-12-6-7-14-15(10-12)22-17(25)16-11-23(8-9-24(16)18(14)26)19(27)21-13-4-2-1-3-5-13/h6-7,10,13,16H,1-5,8-9,11H2,(H,21,27)(H,22,25)/t16-/m1/s1. The van der Waals surface area contributed by atoms with E-state index in [1.807, 2.05) is 0 Å². The molecule has 1 saturated carbocycles. The number of amides is 4. The van der Waals surface area contributed by atoms with E-state index >= 15 is 0 Å². The minimum Gasteiger partial charge on any atom is -0.335 e. The molecule has 2 fully saturated rings. The molecule has 144 valence electrons. The molecule has 0 radical (unpaired) electrons. The van der Waals surface area contributed by atoms with E-state index in [9.17, 15) is 14.4 Å². The molecule has 7 nitrogen and oxygen atoms in total. The zero-order valence-electron chi connectivity index (χ0n) is 15.0. The Hall–Kier alpha value is -2.28. The Labute approximate surface area is 163 Å². The minimum absolute atomic E-state index is 0.147. The third kappa shape index (κ3) is 3.60. The largest absolute Gasteiger partial charge is 0.335 e. The first-order chi connectivity index (χ1) is 13.0. The van der Waals surface area contributed by atoms with Crippen molar-refractivity contribution in [2.45, 2.75) is 44.2 Å². The van der Waals surface area contributed by atoms with E-state index in [4.69, 9.17) is 11.6 Å². The van der Waals surface area contributed by atoms with Crippen molar-refractivity contribution in [2.75, 3.05) is 25.0 Å². The predicted octanol–water partition coefficient (Wildman–Crippen LogP) is 2.46. The lowest BCUT2D eigenvalue weighted by Crippen LogP contribution is -2.61. The number of piperazine rings is 1. The number of carbonyl (C=O) groups is 3. The second-order valence-electron chi connectivity index (χ2n) is 7.42. The monoisotopic (exact) mass is 390 g/mol. The number of halogens is 1. The molecule has 0 aromatic heterocycles. The van der Waals surface area contributed by atoms with E-state index in [1.54, 1.807) is 28.0 Å². The van der Waals surface area contributed by atoms with Gasteiger partial charge in [-0.05, 0) is 31.0 Å². The molecule has 0 unspecified atom stereocenters. The van der Waals surface area contributed by atoms with Crippen molar-refractivity contribution in [3.8, 4) is 0 Å². The fourth-order valence-electron chi connectivity index (χ4n) is 4.12. The van der Waals surface area contributed by atoms with Crippen LogP contribution in [0.3, 0.4) is 0 Å². The van der Waals surface area contributed by atoms with Gasteiger partial charge in [-0.15, -0.1) is 0 Å². The van der Waals surface area contributed by atoms with Crippen LogP contribution in [-0.4, -0.2) is 59.4 Å². The second kappa shape index (κ2) is 7.38. The summed E-state index contributed by atoms with van der Waals surface area (Å²) in [5.74, 6) is -0.503. The number of hydrogen-bond acceptors (Lipinski definition) is 3. The maximum atomic E-state index is 12.9. The van der Waals surface area contributed by atoms with Crippen molar-refractivity contribution < 1.29 is 14.4 Å². The van der Waals surface area contributed by atoms with Crippen LogP contribution in [0.1, 0.15) is 42.5 Å². The van der Waals surface area contributed by atoms with Gasteiger partial charge in [0.05, 0.1) is 17.8 Å². The van der Waals surface area contributed by atoms with Crippen LogP contribution >= 0.6 is 11.6 Å². The molecule has 8 heteroatoms. The second-order valence-corrected chi connectivity index (χ2v) is 7.86. The van der Waals surface area contributed by atoms with E-state index < -0.39 is 6.04 Å². The summed E-state index contributed by atoms with van der Waals surface area (Å²) in [4.78, 5) is 41.5. The summed E-state index contributed by atoms with van der Waals surface area (Å²) in [5.41, 5.74) is 0.848. The van der Waals surface area contributed by atoms with Gasteiger partial charge in [-0.1, -0.05) is 30.9 Å². The number of anilines is 1. The first-order valence-electron chi connectivity index (χ1n) is 9.50. The molecule has 2 aliphatic heterocycles. The summed E-state index contributed by atoms with van der Waals surface area (Å²) in [7, 11) is 0. The van der Waals surface area contributed by atoms with Gasteiger partial charge in [0.15, 0.2) is 0 Å². The first kappa shape index (κ1) is 18.1. The van der Waals surface area contributed by atoms with Crippen LogP contribution in [0.25, 0.3) is 0 Å². The van der Waals surface area contributed by atoms with Crippen molar-refractivity contribution in [3.05, 3.63) is 28.8 Å². The molecular weight excluding hydrogens is 368 g/mol. The summed E-state index contributed by atoms with van der Waals surface area (Å²) < 4.78 is 0. The van der Waals surface area contributed by atoms with Crippen LogP contribution in [0, 0.1) is 0 Å². The molecule has 2 N–H and O–H groups in total. The number of fused-ring (bicyclic) bond motifs is 2. The molecule has 4 rings (SSSR count). The molecule has 1 atom stereocenters. The summed E-state index contributed by atoms with van der Waals surface area (Å²) in [5, 5.41) is 6.33. The fourth-order valence-corrected chi connectivity index (χ4v) is 4.30. The van der Waals surface area contributed by atoms with Gasteiger partial charge in [-0.3, -0.25) is 9.59 Å². The first-order valence-corrected chi connectivity index (χ1v) is 9.87. The van der Waals surface area contributed by atoms with Crippen LogP contribution in [0.2, 0.25) is 5.02 Å². The molecule has 1 aromatic rings. The van der Waals surface area contributed by atoms with Crippen LogP contribution in [0.5, 0.6) is 0 Å². The number of hydrogen-bond donors (Lipinski definition) is 2. The molecular formula is C19H23ClN4O3. The summed E-state index contributed by atoms with van der Waals surface area (Å²) in [6.07, 6.45) is 5.51. The molecule has 0 spiro atoms. The molecule has 3 aliphatic rings. The van der Waals surface area contributed by atoms with Crippen molar-refractivity contribution in [1.82, 2.24) is 15.1 Å². The summed E-state index contributed by atoms with van der Waals surface area (Å²) >= 11 is 6.00. The lowest BCUT2D eigenvalue weighted by molar-refractivity contribution is -0.121. The topological polar surface area (TPSA) is 81.8 Å². The van der Waals surface area contributed by atoms with Crippen molar-refractivity contribution >= 4 is 35.1 Å². The van der Waals surface area contributed by atoms with Gasteiger partial charge < -0.3 is 20.4 Å². The van der Waals surface area contributed by atoms with Crippen molar-refractivity contribution in [2.24, 2.45) is 0 Å². The van der Waals surface area contributed by atoms with Crippen molar-refractivity contribution in [1.29, 1.82) is 0 Å². The predicted molar refractivity (Wildman–Crippen MR) is 102 cm³/mol. The smallest absolute Gasteiger partial charge is 0.317 e.